The topological polar surface area (TPSA) is 130 Å². The van der Waals surface area contributed by atoms with E-state index in [4.69, 9.17) is 13.9 Å². The molecule has 0 aliphatic heterocycles. The Kier molecular flexibility index (Phi) is 8.89. The van der Waals surface area contributed by atoms with E-state index in [9.17, 15) is 19.5 Å². The second-order valence-electron chi connectivity index (χ2n) is 8.81. The lowest BCUT2D eigenvalue weighted by molar-refractivity contribution is 0.102. The average Bonchev–Trinajstić information content (AvgIpc) is 3.22. The summed E-state index contributed by atoms with van der Waals surface area (Å²) < 4.78 is 11.2. The summed E-state index contributed by atoms with van der Waals surface area (Å²) in [6, 6.07) is 9.14. The molecule has 8 nitrogen and oxygen atoms in total. The first kappa shape index (κ1) is 26.5. The van der Waals surface area contributed by atoms with Crippen molar-refractivity contribution in [2.75, 3.05) is 0 Å². The predicted octanol–water partition coefficient (Wildman–Crippen LogP) is 6.39. The minimum Gasteiger partial charge on any atom is -0.507 e. The van der Waals surface area contributed by atoms with E-state index < -0.39 is 28.8 Å². The van der Waals surface area contributed by atoms with Crippen LogP contribution < -0.4 is 10.9 Å². The molecule has 3 N–H and O–H groups in total. The van der Waals surface area contributed by atoms with Gasteiger partial charge >= 0.3 is 11.7 Å². The van der Waals surface area contributed by atoms with Crippen LogP contribution in [0.15, 0.2) is 61.8 Å². The molecule has 8 heteroatoms. The van der Waals surface area contributed by atoms with Crippen LogP contribution in [0.1, 0.15) is 79.8 Å². The summed E-state index contributed by atoms with van der Waals surface area (Å²) in [5, 5.41) is 22.1. The molecule has 0 aliphatic rings. The molecule has 0 radical (unpaired) electrons. The first-order chi connectivity index (χ1) is 17.2. The Morgan fingerprint density at radius 1 is 1.17 bits per heavy atom. The lowest BCUT2D eigenvalue weighted by Gasteiger charge is -2.11. The smallest absolute Gasteiger partial charge is 0.408 e. The maximum absolute atomic E-state index is 13.0. The van der Waals surface area contributed by atoms with Crippen molar-refractivity contribution in [2.24, 2.45) is 0 Å². The molecule has 2 aromatic heterocycles. The molecular weight excluding hydrogens is 462 g/mol. The fraction of sp³-hybridized carbons (Fsp3) is 0.321. The van der Waals surface area contributed by atoms with Crippen molar-refractivity contribution >= 4 is 28.9 Å². The van der Waals surface area contributed by atoms with Gasteiger partial charge in [0.05, 0.1) is 0 Å². The van der Waals surface area contributed by atoms with Crippen molar-refractivity contribution in [2.45, 2.75) is 58.8 Å². The quantitative estimate of drug-likeness (QED) is 0.208. The highest BCUT2D eigenvalue weighted by Gasteiger charge is 2.22. The van der Waals surface area contributed by atoms with Crippen molar-refractivity contribution < 1.29 is 28.6 Å². The number of carbonyl (C=O) groups excluding carboxylic acids is 1. The minimum atomic E-state index is -1.16. The monoisotopic (exact) mass is 493 g/mol. The van der Waals surface area contributed by atoms with Gasteiger partial charge in [0.1, 0.15) is 28.4 Å². The second-order valence-corrected chi connectivity index (χ2v) is 8.81. The Morgan fingerprint density at radius 2 is 1.94 bits per heavy atom. The van der Waals surface area contributed by atoms with Gasteiger partial charge in [-0.2, -0.15) is 0 Å². The normalized spacial score (nSPS) is 12.8. The Labute approximate surface area is 208 Å². The zero-order chi connectivity index (χ0) is 26.2. The summed E-state index contributed by atoms with van der Waals surface area (Å²) in [6.07, 6.45) is 7.61. The molecule has 0 fully saturated rings. The van der Waals surface area contributed by atoms with Crippen LogP contribution in [0, 0.1) is 0 Å². The number of hydrogen-bond acceptors (Lipinski definition) is 6. The standard InChI is InChI=1S/C28H31NO7/c1-4-5-9-19-10-11-23-20(14-19)15-21(35-23)13-18(3)26(31)25-22(30)16-24(36-27(25)32)17(2)8-6-7-12-29-28(33)34/h7,10-17,29-30H,4-6,8-9H2,1-3H3,(H,33,34). The van der Waals surface area contributed by atoms with E-state index in [1.165, 1.54) is 17.8 Å². The largest absolute Gasteiger partial charge is 0.507 e. The minimum absolute atomic E-state index is 0.222. The SMILES string of the molecule is CCCCc1ccc2oc(C=C(C)C(=O)c3c(O)cc(C(C)CCC=CNC(=O)O)oc3=O)cc2c1. The zero-order valence-electron chi connectivity index (χ0n) is 20.7. The summed E-state index contributed by atoms with van der Waals surface area (Å²) in [4.78, 5) is 36.0. The van der Waals surface area contributed by atoms with Crippen molar-refractivity contribution in [1.29, 1.82) is 0 Å². The van der Waals surface area contributed by atoms with E-state index in [2.05, 4.69) is 18.3 Å². The number of ketones is 1. The van der Waals surface area contributed by atoms with Crippen molar-refractivity contribution in [3.8, 4) is 5.75 Å². The Morgan fingerprint density at radius 3 is 2.64 bits per heavy atom. The first-order valence-electron chi connectivity index (χ1n) is 12.0. The fourth-order valence-corrected chi connectivity index (χ4v) is 3.85. The summed E-state index contributed by atoms with van der Waals surface area (Å²) in [5.41, 5.74) is 0.806. The van der Waals surface area contributed by atoms with E-state index in [0.717, 1.165) is 24.6 Å². The Balaban J connectivity index is 1.75. The number of Topliss-reactive ketones (excluding diaryl/α,β-unsaturated/α-hetero) is 1. The van der Waals surface area contributed by atoms with E-state index in [1.54, 1.807) is 26.0 Å². The van der Waals surface area contributed by atoms with Crippen LogP contribution in [0.4, 0.5) is 4.79 Å². The van der Waals surface area contributed by atoms with Gasteiger partial charge in [-0.1, -0.05) is 32.4 Å². The summed E-state index contributed by atoms with van der Waals surface area (Å²) >= 11 is 0. The van der Waals surface area contributed by atoms with Gasteiger partial charge in [-0.25, -0.2) is 9.59 Å². The lowest BCUT2D eigenvalue weighted by atomic mass is 9.99. The van der Waals surface area contributed by atoms with Crippen LogP contribution in [-0.2, 0) is 6.42 Å². The predicted molar refractivity (Wildman–Crippen MR) is 137 cm³/mol. The molecule has 0 saturated heterocycles. The number of furan rings is 1. The molecule has 1 atom stereocenters. The third kappa shape index (κ3) is 6.75. The maximum Gasteiger partial charge on any atom is 0.408 e. The maximum atomic E-state index is 13.0. The number of fused-ring (bicyclic) bond motifs is 1. The number of aryl methyl sites for hydroxylation is 1. The number of carboxylic acid groups (broad SMARTS) is 1. The number of rotatable bonds is 11. The molecule has 1 unspecified atom stereocenters. The third-order valence-corrected chi connectivity index (χ3v) is 5.89. The highest BCUT2D eigenvalue weighted by Crippen LogP contribution is 2.27. The number of hydrogen-bond donors (Lipinski definition) is 3. The molecule has 1 amide bonds. The first-order valence-corrected chi connectivity index (χ1v) is 12.0. The molecule has 1 aromatic carbocycles. The Bertz CT molecular complexity index is 1360. The lowest BCUT2D eigenvalue weighted by Crippen LogP contribution is -2.16. The van der Waals surface area contributed by atoms with Crippen LogP contribution in [0.2, 0.25) is 0 Å². The van der Waals surface area contributed by atoms with Crippen LogP contribution in [0.25, 0.3) is 17.0 Å². The molecule has 36 heavy (non-hydrogen) atoms. The van der Waals surface area contributed by atoms with Gasteiger partial charge in [-0.05, 0) is 62.4 Å². The van der Waals surface area contributed by atoms with Crippen LogP contribution in [-0.4, -0.2) is 22.1 Å². The average molecular weight is 494 g/mol. The van der Waals surface area contributed by atoms with Gasteiger partial charge < -0.3 is 19.0 Å². The van der Waals surface area contributed by atoms with Crippen molar-refractivity contribution in [3.63, 3.8) is 0 Å². The van der Waals surface area contributed by atoms with E-state index in [1.807, 2.05) is 18.2 Å². The number of amides is 1. The van der Waals surface area contributed by atoms with Gasteiger partial charge in [-0.3, -0.25) is 10.1 Å². The fourth-order valence-electron chi connectivity index (χ4n) is 3.85. The molecule has 0 bridgehead atoms. The molecule has 3 aromatic rings. The van der Waals surface area contributed by atoms with Gasteiger partial charge in [0.25, 0.3) is 0 Å². The second kappa shape index (κ2) is 12.1. The third-order valence-electron chi connectivity index (χ3n) is 5.89. The summed E-state index contributed by atoms with van der Waals surface area (Å²) in [6.45, 7) is 5.50. The number of allylic oxidation sites excluding steroid dienone is 2. The number of carbonyl (C=O) groups is 2. The van der Waals surface area contributed by atoms with E-state index in [0.29, 0.717) is 24.2 Å². The molecule has 2 heterocycles. The van der Waals surface area contributed by atoms with Crippen molar-refractivity contribution in [1.82, 2.24) is 5.32 Å². The molecule has 190 valence electrons. The van der Waals surface area contributed by atoms with Crippen LogP contribution in [0.5, 0.6) is 5.75 Å². The molecule has 0 spiro atoms. The zero-order valence-corrected chi connectivity index (χ0v) is 20.7. The molecule has 0 saturated carbocycles. The van der Waals surface area contributed by atoms with Gasteiger partial charge in [0.2, 0.25) is 0 Å². The van der Waals surface area contributed by atoms with Crippen LogP contribution in [0.3, 0.4) is 0 Å². The van der Waals surface area contributed by atoms with Gasteiger partial charge in [0.15, 0.2) is 5.78 Å². The van der Waals surface area contributed by atoms with Gasteiger partial charge in [-0.15, -0.1) is 0 Å². The number of aromatic hydroxyl groups is 1. The highest BCUT2D eigenvalue weighted by molar-refractivity contribution is 6.12. The van der Waals surface area contributed by atoms with E-state index in [-0.39, 0.29) is 17.3 Å². The summed E-state index contributed by atoms with van der Waals surface area (Å²) in [5.74, 6) is -0.613. The summed E-state index contributed by atoms with van der Waals surface area (Å²) in [7, 11) is 0. The number of nitrogens with one attached hydrogen (secondary N) is 1. The number of unbranched alkanes of at least 4 members (excludes halogenated alkanes) is 1. The van der Waals surface area contributed by atoms with Crippen molar-refractivity contribution in [3.05, 3.63) is 81.2 Å². The number of benzene rings is 1. The highest BCUT2D eigenvalue weighted by atomic mass is 16.4. The van der Waals surface area contributed by atoms with Crippen LogP contribution >= 0.6 is 0 Å². The molecular formula is C28H31NO7. The molecule has 3 rings (SSSR count). The molecule has 0 aliphatic carbocycles. The van der Waals surface area contributed by atoms with E-state index >= 15 is 0 Å². The van der Waals surface area contributed by atoms with Gasteiger partial charge in [0, 0.05) is 29.1 Å². The Hall–Kier alpha value is -4.07.